The van der Waals surface area contributed by atoms with Crippen molar-refractivity contribution in [2.45, 2.75) is 132 Å². The van der Waals surface area contributed by atoms with E-state index in [9.17, 15) is 40.2 Å². The summed E-state index contributed by atoms with van der Waals surface area (Å²) in [6.07, 6.45) is 6.53. The molecule has 0 aromatic rings. The van der Waals surface area contributed by atoms with Crippen molar-refractivity contribution < 1.29 is 54.4 Å². The van der Waals surface area contributed by atoms with Crippen LogP contribution in [0, 0.1) is 57.7 Å². The van der Waals surface area contributed by atoms with Crippen LogP contribution < -0.4 is 5.32 Å². The summed E-state index contributed by atoms with van der Waals surface area (Å²) in [5.41, 5.74) is -7.87. The van der Waals surface area contributed by atoms with E-state index >= 15 is 0 Å². The van der Waals surface area contributed by atoms with E-state index in [2.05, 4.69) is 24.1 Å². The van der Waals surface area contributed by atoms with Crippen molar-refractivity contribution in [2.24, 2.45) is 45.8 Å². The number of carbonyl (C=O) groups is 2. The van der Waals surface area contributed by atoms with Crippen LogP contribution in [0.15, 0.2) is 23.8 Å². The van der Waals surface area contributed by atoms with Gasteiger partial charge < -0.3 is 49.7 Å². The molecular weight excluding hydrogens is 708 g/mol. The molecule has 6 fully saturated rings. The van der Waals surface area contributed by atoms with E-state index in [1.807, 2.05) is 6.92 Å². The summed E-state index contributed by atoms with van der Waals surface area (Å²) in [4.78, 5) is 30.3. The van der Waals surface area contributed by atoms with Gasteiger partial charge in [-0.2, -0.15) is 0 Å². The Morgan fingerprint density at radius 2 is 1.78 bits per heavy atom. The SMILES string of the molecule is COCCCO[C@H]1CC[C@@]2(C)[C@@H](C1)C(=O)C=C1[C@]3(O)CC[C@@H]4[C@](C)(O)C(O)(O)[C@H]5O[C@H]6[C@H]([C@@H]7C=C[C@@]6(O)N[C@H]7C(=O)N6C[C@H]6CC#C[C@]12CC[C@]43C)[C@H]5CO. The molecule has 1 amide bonds. The number of hydrogen-bond acceptors (Lipinski definition) is 12. The number of piperidine rings is 1. The summed E-state index contributed by atoms with van der Waals surface area (Å²) < 4.78 is 17.8. The molecule has 13 heteroatoms. The molecular formula is C42H58N2O11. The number of nitrogens with zero attached hydrogens (tertiary/aromatic N) is 1. The first-order valence-corrected chi connectivity index (χ1v) is 20.5. The number of aliphatic hydroxyl groups is 6. The number of nitrogens with one attached hydrogen (secondary N) is 1. The number of amides is 1. The Morgan fingerprint density at radius 3 is 2.53 bits per heavy atom. The van der Waals surface area contributed by atoms with Crippen molar-refractivity contribution in [3.8, 4) is 11.8 Å². The maximum atomic E-state index is 14.4. The summed E-state index contributed by atoms with van der Waals surface area (Å²) in [6, 6.07) is -1.00. The number of aliphatic hydroxyl groups excluding tert-OH is 1. The Bertz CT molecular complexity index is 1770. The lowest BCUT2D eigenvalue weighted by atomic mass is 9.39. The van der Waals surface area contributed by atoms with Crippen LogP contribution in [-0.2, 0) is 23.8 Å². The van der Waals surface area contributed by atoms with Gasteiger partial charge in [0.05, 0.1) is 29.2 Å². The van der Waals surface area contributed by atoms with Gasteiger partial charge in [0.2, 0.25) is 11.7 Å². The highest BCUT2D eigenvalue weighted by Crippen LogP contribution is 2.73. The zero-order valence-electron chi connectivity index (χ0n) is 32.4. The fourth-order valence-electron chi connectivity index (χ4n) is 13.5. The number of hydrogen-bond donors (Lipinski definition) is 7. The minimum atomic E-state index is -2.97. The van der Waals surface area contributed by atoms with Gasteiger partial charge in [-0.15, -0.1) is 5.92 Å². The third-order valence-corrected chi connectivity index (χ3v) is 16.8. The highest BCUT2D eigenvalue weighted by Gasteiger charge is 2.76. The van der Waals surface area contributed by atoms with Crippen molar-refractivity contribution in [3.63, 3.8) is 0 Å². The van der Waals surface area contributed by atoms with Crippen LogP contribution in [0.25, 0.3) is 0 Å². The molecule has 302 valence electrons. The molecule has 1 spiro atoms. The third-order valence-electron chi connectivity index (χ3n) is 16.8. The molecule has 0 unspecified atom stereocenters. The second-order valence-electron chi connectivity index (χ2n) is 19.1. The summed E-state index contributed by atoms with van der Waals surface area (Å²) in [6.45, 7) is 6.43. The predicted octanol–water partition coefficient (Wildman–Crippen LogP) is 0.540. The van der Waals surface area contributed by atoms with Crippen LogP contribution in [0.4, 0.5) is 0 Å². The van der Waals surface area contributed by atoms with Crippen molar-refractivity contribution in [1.29, 1.82) is 0 Å². The maximum Gasteiger partial charge on any atom is 0.240 e. The molecule has 5 aliphatic carbocycles. The Balaban J connectivity index is 1.15. The van der Waals surface area contributed by atoms with Crippen molar-refractivity contribution in [2.75, 3.05) is 33.5 Å². The van der Waals surface area contributed by atoms with E-state index in [4.69, 9.17) is 14.2 Å². The molecule has 9 bridgehead atoms. The number of carbonyl (C=O) groups excluding carboxylic acids is 2. The number of ketones is 1. The fraction of sp³-hybridized carbons (Fsp3) is 0.810. The Labute approximate surface area is 322 Å². The molecule has 3 saturated heterocycles. The largest absolute Gasteiger partial charge is 0.396 e. The number of ether oxygens (including phenoxy) is 3. The van der Waals surface area contributed by atoms with Crippen LogP contribution in [-0.4, -0.2) is 134 Å². The summed E-state index contributed by atoms with van der Waals surface area (Å²) in [5, 5.41) is 76.3. The molecule has 0 aromatic heterocycles. The molecule has 3 saturated carbocycles. The maximum absolute atomic E-state index is 14.4. The first-order valence-electron chi connectivity index (χ1n) is 20.5. The highest BCUT2D eigenvalue weighted by atomic mass is 16.6. The van der Waals surface area contributed by atoms with E-state index in [0.717, 1.165) is 12.8 Å². The Kier molecular flexibility index (Phi) is 8.63. The van der Waals surface area contributed by atoms with Crippen molar-refractivity contribution >= 4 is 11.7 Å². The summed E-state index contributed by atoms with van der Waals surface area (Å²) >= 11 is 0. The lowest BCUT2D eigenvalue weighted by molar-refractivity contribution is -0.346. The van der Waals surface area contributed by atoms with Gasteiger partial charge in [-0.3, -0.25) is 14.9 Å². The van der Waals surface area contributed by atoms with Gasteiger partial charge in [0.1, 0.15) is 17.8 Å². The van der Waals surface area contributed by atoms with Gasteiger partial charge in [-0.25, -0.2) is 0 Å². The summed E-state index contributed by atoms with van der Waals surface area (Å²) in [5.74, 6) is 0.471. The minimum Gasteiger partial charge on any atom is -0.396 e. The minimum absolute atomic E-state index is 0.0758. The molecule has 11 rings (SSSR count). The van der Waals surface area contributed by atoms with Gasteiger partial charge >= 0.3 is 0 Å². The highest BCUT2D eigenvalue weighted by molar-refractivity contribution is 5.96. The van der Waals surface area contributed by atoms with E-state index in [1.54, 1.807) is 24.2 Å². The number of methoxy groups -OCH3 is 1. The second kappa shape index (κ2) is 12.4. The Hall–Kier alpha value is -2.22. The monoisotopic (exact) mass is 766 g/mol. The van der Waals surface area contributed by atoms with Crippen molar-refractivity contribution in [3.05, 3.63) is 23.8 Å². The van der Waals surface area contributed by atoms with Gasteiger partial charge in [0.15, 0.2) is 11.5 Å². The second-order valence-corrected chi connectivity index (χ2v) is 19.1. The predicted molar refractivity (Wildman–Crippen MR) is 195 cm³/mol. The summed E-state index contributed by atoms with van der Waals surface area (Å²) in [7, 11) is 1.66. The number of allylic oxidation sites excluding steroid dienone is 1. The molecule has 0 aromatic carbocycles. The lowest BCUT2D eigenvalue weighted by Gasteiger charge is -2.64. The standard InChI is InChI=1S/C42H58N2O11/c1-36-12-8-24(54-18-6-17-53-4)19-27(36)28(46)20-30-39(36)11-5-7-23-21-44(23)35(47)32-25-9-14-41(50,43-32)34-31(25)26(22-45)33(55-34)42(51,52)38(3,48)29-10-13-40(30,49)37(29,2)15-16-39/h9,14,20,23-27,29,31-34,43,45,48-52H,6-8,10,12-13,15-19,21-22H2,1-4H3/t23-,24+,25+,26-,27+,29+,31-,32-,33+,34+,36+,37-,38+,39+,40-,41+,44?/m1/s1. The molecule has 13 nitrogen and oxygen atoms in total. The van der Waals surface area contributed by atoms with Gasteiger partial charge in [0.25, 0.3) is 0 Å². The molecule has 6 aliphatic heterocycles. The molecule has 11 aliphatic rings. The lowest BCUT2D eigenvalue weighted by Crippen LogP contribution is -2.71. The van der Waals surface area contributed by atoms with Crippen LogP contribution in [0.1, 0.15) is 78.6 Å². The van der Waals surface area contributed by atoms with Crippen LogP contribution in [0.3, 0.4) is 0 Å². The zero-order chi connectivity index (χ0) is 39.1. The van der Waals surface area contributed by atoms with Crippen LogP contribution in [0.5, 0.6) is 0 Å². The fourth-order valence-corrected chi connectivity index (χ4v) is 13.5. The van der Waals surface area contributed by atoms with E-state index < -0.39 is 93.4 Å². The molecule has 0 radical (unpaired) electrons. The van der Waals surface area contributed by atoms with E-state index in [0.29, 0.717) is 57.4 Å². The average Bonchev–Trinajstić information content (AvgIpc) is 3.69. The van der Waals surface area contributed by atoms with Gasteiger partial charge in [-0.05, 0) is 81.4 Å². The number of rotatable bonds is 6. The first kappa shape index (κ1) is 38.3. The normalized spacial score (nSPS) is 52.8. The third kappa shape index (κ3) is 4.90. The topological polar surface area (TPSA) is 198 Å². The van der Waals surface area contributed by atoms with E-state index in [-0.39, 0.29) is 36.7 Å². The van der Waals surface area contributed by atoms with Gasteiger partial charge in [-0.1, -0.05) is 25.8 Å². The number of fused-ring (bicyclic) bond motifs is 4. The van der Waals surface area contributed by atoms with Crippen LogP contribution in [0.2, 0.25) is 0 Å². The molecule has 6 heterocycles. The Morgan fingerprint density at radius 1 is 1.00 bits per heavy atom. The van der Waals surface area contributed by atoms with Gasteiger partial charge in [0, 0.05) is 74.9 Å². The van der Waals surface area contributed by atoms with Crippen LogP contribution >= 0.6 is 0 Å². The first-order chi connectivity index (χ1) is 25.9. The zero-order valence-corrected chi connectivity index (χ0v) is 32.4. The van der Waals surface area contributed by atoms with Crippen molar-refractivity contribution in [1.82, 2.24) is 10.2 Å². The average molecular weight is 767 g/mol. The molecule has 7 N–H and O–H groups in total. The van der Waals surface area contributed by atoms with E-state index in [1.165, 1.54) is 13.0 Å². The quantitative estimate of drug-likeness (QED) is 0.0653. The molecule has 55 heavy (non-hydrogen) atoms. The molecule has 16 atom stereocenters. The smallest absolute Gasteiger partial charge is 0.240 e.